The molecule has 1 nitrogen and oxygen atoms in total. The number of rotatable bonds is 4. The highest BCUT2D eigenvalue weighted by atomic mass is 32.2. The van der Waals surface area contributed by atoms with Gasteiger partial charge in [-0.2, -0.15) is 0 Å². The second kappa shape index (κ2) is 4.78. The van der Waals surface area contributed by atoms with Crippen molar-refractivity contribution in [2.75, 3.05) is 11.5 Å². The molecule has 3 heteroatoms. The Hall–Kier alpha value is -0.0200. The Morgan fingerprint density at radius 1 is 1.09 bits per heavy atom. The summed E-state index contributed by atoms with van der Waals surface area (Å²) in [5.41, 5.74) is 0. The molecule has 1 heterocycles. The van der Waals surface area contributed by atoms with Gasteiger partial charge in [0.1, 0.15) is 0 Å². The Labute approximate surface area is 75.9 Å². The Bertz CT molecular complexity index is 187. The first-order valence-corrected chi connectivity index (χ1v) is 5.69. The van der Waals surface area contributed by atoms with Crippen LogP contribution in [0.15, 0.2) is 26.7 Å². The smallest absolute Gasteiger partial charge is 0.161 e. The molecule has 0 radical (unpaired) electrons. The average molecular weight is 188 g/mol. The zero-order valence-corrected chi connectivity index (χ0v) is 8.43. The quantitative estimate of drug-likeness (QED) is 0.671. The van der Waals surface area contributed by atoms with Crippen LogP contribution in [0.5, 0.6) is 0 Å². The maximum atomic E-state index is 5.49. The molecule has 0 amide bonds. The van der Waals surface area contributed by atoms with E-state index in [1.165, 1.54) is 0 Å². The summed E-state index contributed by atoms with van der Waals surface area (Å²) in [6.07, 6.45) is 0. The summed E-state index contributed by atoms with van der Waals surface area (Å²) in [7, 11) is 0. The van der Waals surface area contributed by atoms with Gasteiger partial charge in [-0.3, -0.25) is 0 Å². The monoisotopic (exact) mass is 188 g/mol. The van der Waals surface area contributed by atoms with Crippen molar-refractivity contribution >= 4 is 23.5 Å². The van der Waals surface area contributed by atoms with E-state index in [1.807, 2.05) is 12.1 Å². The molecule has 0 aliphatic rings. The first-order chi connectivity index (χ1) is 5.36. The van der Waals surface area contributed by atoms with Crippen LogP contribution in [0.2, 0.25) is 0 Å². The van der Waals surface area contributed by atoms with Crippen LogP contribution in [0.1, 0.15) is 13.8 Å². The van der Waals surface area contributed by atoms with Gasteiger partial charge >= 0.3 is 0 Å². The minimum absolute atomic E-state index is 1.03. The molecule has 11 heavy (non-hydrogen) atoms. The fraction of sp³-hybridized carbons (Fsp3) is 0.500. The van der Waals surface area contributed by atoms with Crippen molar-refractivity contribution in [3.63, 3.8) is 0 Å². The van der Waals surface area contributed by atoms with Crippen LogP contribution >= 0.6 is 23.5 Å². The summed E-state index contributed by atoms with van der Waals surface area (Å²) in [5.74, 6) is 2.15. The lowest BCUT2D eigenvalue weighted by molar-refractivity contribution is 0.397. The summed E-state index contributed by atoms with van der Waals surface area (Å²) in [6.45, 7) is 4.25. The molecule has 0 fully saturated rings. The predicted molar refractivity (Wildman–Crippen MR) is 51.5 cm³/mol. The topological polar surface area (TPSA) is 13.1 Å². The molecule has 0 bridgehead atoms. The first kappa shape index (κ1) is 9.07. The van der Waals surface area contributed by atoms with Crippen LogP contribution in [0.3, 0.4) is 0 Å². The van der Waals surface area contributed by atoms with Gasteiger partial charge in [-0.1, -0.05) is 37.4 Å². The Kier molecular flexibility index (Phi) is 3.94. The first-order valence-electron chi connectivity index (χ1n) is 3.72. The Balaban J connectivity index is 2.51. The van der Waals surface area contributed by atoms with Crippen molar-refractivity contribution < 1.29 is 4.42 Å². The van der Waals surface area contributed by atoms with Crippen LogP contribution in [0.4, 0.5) is 0 Å². The number of thioether (sulfide) groups is 2. The van der Waals surface area contributed by atoms with Gasteiger partial charge in [0.05, 0.1) is 0 Å². The van der Waals surface area contributed by atoms with Crippen LogP contribution in [0, 0.1) is 0 Å². The minimum Gasteiger partial charge on any atom is -0.444 e. The summed E-state index contributed by atoms with van der Waals surface area (Å²) in [6, 6.07) is 4.07. The van der Waals surface area contributed by atoms with E-state index in [1.54, 1.807) is 23.5 Å². The highest BCUT2D eigenvalue weighted by molar-refractivity contribution is 7.99. The van der Waals surface area contributed by atoms with Gasteiger partial charge in [0.2, 0.25) is 0 Å². The van der Waals surface area contributed by atoms with Crippen molar-refractivity contribution in [2.24, 2.45) is 0 Å². The third kappa shape index (κ3) is 2.83. The molecule has 0 spiro atoms. The van der Waals surface area contributed by atoms with E-state index in [9.17, 15) is 0 Å². The van der Waals surface area contributed by atoms with Crippen molar-refractivity contribution in [3.05, 3.63) is 12.1 Å². The Morgan fingerprint density at radius 2 is 1.55 bits per heavy atom. The van der Waals surface area contributed by atoms with Crippen LogP contribution in [-0.2, 0) is 0 Å². The van der Waals surface area contributed by atoms with Crippen molar-refractivity contribution in [1.29, 1.82) is 0 Å². The van der Waals surface area contributed by atoms with Gasteiger partial charge in [0, 0.05) is 0 Å². The van der Waals surface area contributed by atoms with E-state index in [0.29, 0.717) is 0 Å². The third-order valence-corrected chi connectivity index (χ3v) is 2.72. The normalized spacial score (nSPS) is 10.4. The number of furan rings is 1. The molecule has 1 rings (SSSR count). The molecule has 1 aromatic rings. The molecular weight excluding hydrogens is 176 g/mol. The second-order valence-electron chi connectivity index (χ2n) is 1.94. The lowest BCUT2D eigenvalue weighted by Gasteiger charge is -1.91. The van der Waals surface area contributed by atoms with Crippen molar-refractivity contribution in [1.82, 2.24) is 0 Å². The zero-order valence-electron chi connectivity index (χ0n) is 6.79. The van der Waals surface area contributed by atoms with Gasteiger partial charge < -0.3 is 4.42 Å². The van der Waals surface area contributed by atoms with Gasteiger partial charge in [-0.15, -0.1) is 0 Å². The molecule has 0 saturated heterocycles. The lowest BCUT2D eigenvalue weighted by Crippen LogP contribution is -1.65. The summed E-state index contributed by atoms with van der Waals surface area (Å²) in [4.78, 5) is 0. The molecule has 0 atom stereocenters. The van der Waals surface area contributed by atoms with Crippen molar-refractivity contribution in [3.8, 4) is 0 Å². The van der Waals surface area contributed by atoms with Gasteiger partial charge in [-0.25, -0.2) is 0 Å². The minimum atomic E-state index is 1.03. The van der Waals surface area contributed by atoms with Gasteiger partial charge in [0.15, 0.2) is 10.2 Å². The van der Waals surface area contributed by atoms with E-state index in [-0.39, 0.29) is 0 Å². The molecule has 0 aromatic carbocycles. The maximum Gasteiger partial charge on any atom is 0.161 e. The predicted octanol–water partition coefficient (Wildman–Crippen LogP) is 3.50. The molecule has 1 aromatic heterocycles. The third-order valence-electron chi connectivity index (χ3n) is 1.13. The highest BCUT2D eigenvalue weighted by Gasteiger charge is 1.99. The van der Waals surface area contributed by atoms with E-state index >= 15 is 0 Å². The molecule has 0 saturated carbocycles. The standard InChI is InChI=1S/C8H12OS2/c1-3-10-7-5-6-8(9-7)11-4-2/h5-6H,3-4H2,1-2H3. The van der Waals surface area contributed by atoms with E-state index in [0.717, 1.165) is 21.7 Å². The fourth-order valence-corrected chi connectivity index (χ4v) is 1.99. The second-order valence-corrected chi connectivity index (χ2v) is 4.48. The Morgan fingerprint density at radius 3 is 1.91 bits per heavy atom. The summed E-state index contributed by atoms with van der Waals surface area (Å²) < 4.78 is 5.49. The molecule has 62 valence electrons. The maximum absolute atomic E-state index is 5.49. The van der Waals surface area contributed by atoms with Crippen LogP contribution in [0.25, 0.3) is 0 Å². The van der Waals surface area contributed by atoms with Gasteiger partial charge in [0.25, 0.3) is 0 Å². The van der Waals surface area contributed by atoms with Crippen LogP contribution < -0.4 is 0 Å². The van der Waals surface area contributed by atoms with E-state index in [2.05, 4.69) is 13.8 Å². The summed E-state index contributed by atoms with van der Waals surface area (Å²) >= 11 is 3.48. The van der Waals surface area contributed by atoms with E-state index in [4.69, 9.17) is 4.42 Å². The molecular formula is C8H12OS2. The molecule has 0 N–H and O–H groups in total. The number of hydrogen-bond acceptors (Lipinski definition) is 3. The largest absolute Gasteiger partial charge is 0.444 e. The van der Waals surface area contributed by atoms with Crippen molar-refractivity contribution in [2.45, 2.75) is 24.0 Å². The fourth-order valence-electron chi connectivity index (χ4n) is 0.743. The summed E-state index contributed by atoms with van der Waals surface area (Å²) in [5, 5.41) is 2.06. The zero-order chi connectivity index (χ0) is 8.10. The lowest BCUT2D eigenvalue weighted by atomic mass is 10.7. The highest BCUT2D eigenvalue weighted by Crippen LogP contribution is 2.26. The van der Waals surface area contributed by atoms with Crippen LogP contribution in [-0.4, -0.2) is 11.5 Å². The number of hydrogen-bond donors (Lipinski definition) is 0. The van der Waals surface area contributed by atoms with Gasteiger partial charge in [-0.05, 0) is 23.6 Å². The average Bonchev–Trinajstić information content (AvgIpc) is 2.38. The SMILES string of the molecule is CCSc1ccc(SCC)o1. The molecule has 0 aliphatic carbocycles. The van der Waals surface area contributed by atoms with E-state index < -0.39 is 0 Å². The molecule has 0 aliphatic heterocycles. The molecule has 0 unspecified atom stereocenters.